The topological polar surface area (TPSA) is 92.4 Å². The van der Waals surface area contributed by atoms with Crippen LogP contribution < -0.4 is 9.86 Å². The largest absolute Gasteiger partial charge is 0.395 e. The molecule has 0 amide bonds. The highest BCUT2D eigenvalue weighted by Gasteiger charge is 2.05. The minimum absolute atomic E-state index is 0.00114. The van der Waals surface area contributed by atoms with Crippen LogP contribution in [0.3, 0.4) is 0 Å². The second-order valence-corrected chi connectivity index (χ2v) is 4.75. The Morgan fingerprint density at radius 1 is 1.47 bits per heavy atom. The van der Waals surface area contributed by atoms with Gasteiger partial charge in [0.15, 0.2) is 0 Å². The van der Waals surface area contributed by atoms with Crippen LogP contribution in [0.25, 0.3) is 0 Å². The van der Waals surface area contributed by atoms with Gasteiger partial charge >= 0.3 is 0 Å². The van der Waals surface area contributed by atoms with Crippen LogP contribution in [0.15, 0.2) is 18.2 Å². The summed E-state index contributed by atoms with van der Waals surface area (Å²) >= 11 is 0. The van der Waals surface area contributed by atoms with E-state index in [0.29, 0.717) is 17.7 Å². The molecule has 5 nitrogen and oxygen atoms in total. The summed E-state index contributed by atoms with van der Waals surface area (Å²) in [6, 6.07) is 5.12. The van der Waals surface area contributed by atoms with Crippen molar-refractivity contribution in [1.29, 1.82) is 0 Å². The first kappa shape index (κ1) is 13.5. The molecule has 0 spiro atoms. The average molecular weight is 254 g/mol. The summed E-state index contributed by atoms with van der Waals surface area (Å²) in [6.07, 6.45) is 0.381. The summed E-state index contributed by atoms with van der Waals surface area (Å²) < 4.78 is 24.1. The highest BCUT2D eigenvalue weighted by atomic mass is 32.2. The lowest BCUT2D eigenvalue weighted by atomic mass is 10.1. The molecule has 0 aromatic heterocycles. The minimum Gasteiger partial charge on any atom is -0.395 e. The molecule has 0 aliphatic heterocycles. The van der Waals surface area contributed by atoms with Crippen molar-refractivity contribution < 1.29 is 13.5 Å². The molecule has 0 fully saturated rings. The SMILES string of the molecule is Cc1ccc(C#CCCO)cc1NS(N)(=O)=O. The van der Waals surface area contributed by atoms with Crippen LogP contribution in [0.4, 0.5) is 5.69 Å². The highest BCUT2D eigenvalue weighted by molar-refractivity contribution is 7.90. The Morgan fingerprint density at radius 2 is 2.18 bits per heavy atom. The van der Waals surface area contributed by atoms with E-state index >= 15 is 0 Å². The molecule has 0 unspecified atom stereocenters. The van der Waals surface area contributed by atoms with Crippen molar-refractivity contribution in [2.75, 3.05) is 11.3 Å². The molecular weight excluding hydrogens is 240 g/mol. The summed E-state index contributed by atoms with van der Waals surface area (Å²) in [6.45, 7) is 1.76. The molecule has 0 aliphatic rings. The fourth-order valence-electron chi connectivity index (χ4n) is 1.18. The minimum atomic E-state index is -3.78. The summed E-state index contributed by atoms with van der Waals surface area (Å²) in [5, 5.41) is 13.5. The molecule has 6 heteroatoms. The van der Waals surface area contributed by atoms with Gasteiger partial charge in [0.1, 0.15) is 0 Å². The average Bonchev–Trinajstić information content (AvgIpc) is 2.21. The number of rotatable bonds is 3. The summed E-state index contributed by atoms with van der Waals surface area (Å²) in [5.74, 6) is 5.57. The molecule has 0 aliphatic carbocycles. The van der Waals surface area contributed by atoms with Crippen molar-refractivity contribution in [1.82, 2.24) is 0 Å². The van der Waals surface area contributed by atoms with E-state index in [1.165, 1.54) is 0 Å². The van der Waals surface area contributed by atoms with Gasteiger partial charge in [0, 0.05) is 12.0 Å². The molecule has 0 bridgehead atoms. The molecule has 17 heavy (non-hydrogen) atoms. The van der Waals surface area contributed by atoms with Crippen molar-refractivity contribution in [2.45, 2.75) is 13.3 Å². The van der Waals surface area contributed by atoms with Crippen LogP contribution in [0.5, 0.6) is 0 Å². The standard InChI is InChI=1S/C11H14N2O3S/c1-9-5-6-10(4-2-3-7-14)8-11(9)13-17(12,15)16/h5-6,8,13-14H,3,7H2,1H3,(H2,12,15,16). The first-order valence-electron chi connectivity index (χ1n) is 4.93. The van der Waals surface area contributed by atoms with Gasteiger partial charge in [0.2, 0.25) is 0 Å². The first-order chi connectivity index (χ1) is 7.92. The van der Waals surface area contributed by atoms with Gasteiger partial charge in [0.25, 0.3) is 10.2 Å². The van der Waals surface area contributed by atoms with Gasteiger partial charge in [-0.05, 0) is 24.6 Å². The third-order valence-corrected chi connectivity index (χ3v) is 2.46. The second kappa shape index (κ2) is 5.68. The Hall–Kier alpha value is -1.55. The number of nitrogens with one attached hydrogen (secondary N) is 1. The van der Waals surface area contributed by atoms with E-state index in [-0.39, 0.29) is 6.61 Å². The van der Waals surface area contributed by atoms with E-state index in [1.807, 2.05) is 0 Å². The van der Waals surface area contributed by atoms with Crippen molar-refractivity contribution in [3.8, 4) is 11.8 Å². The van der Waals surface area contributed by atoms with Crippen LogP contribution in [-0.4, -0.2) is 20.1 Å². The van der Waals surface area contributed by atoms with E-state index in [4.69, 9.17) is 10.2 Å². The fourth-order valence-corrected chi connectivity index (χ4v) is 1.71. The Morgan fingerprint density at radius 3 is 2.76 bits per heavy atom. The van der Waals surface area contributed by atoms with E-state index < -0.39 is 10.2 Å². The Balaban J connectivity index is 3.00. The van der Waals surface area contributed by atoms with Gasteiger partial charge in [-0.25, -0.2) is 5.14 Å². The molecule has 0 heterocycles. The van der Waals surface area contributed by atoms with Crippen molar-refractivity contribution in [2.24, 2.45) is 5.14 Å². The maximum atomic E-state index is 10.9. The van der Waals surface area contributed by atoms with Gasteiger partial charge in [-0.15, -0.1) is 0 Å². The van der Waals surface area contributed by atoms with Gasteiger partial charge in [-0.1, -0.05) is 17.9 Å². The van der Waals surface area contributed by atoms with Crippen LogP contribution in [0.1, 0.15) is 17.5 Å². The first-order valence-corrected chi connectivity index (χ1v) is 6.48. The van der Waals surface area contributed by atoms with Crippen LogP contribution in [0.2, 0.25) is 0 Å². The molecular formula is C11H14N2O3S. The van der Waals surface area contributed by atoms with Crippen molar-refractivity contribution in [3.63, 3.8) is 0 Å². The third kappa shape index (κ3) is 4.87. The molecule has 0 saturated carbocycles. The lowest BCUT2D eigenvalue weighted by Gasteiger charge is -2.07. The number of aryl methyl sites for hydroxylation is 1. The Kier molecular flexibility index (Phi) is 4.52. The fraction of sp³-hybridized carbons (Fsp3) is 0.273. The maximum Gasteiger partial charge on any atom is 0.296 e. The summed E-state index contributed by atoms with van der Waals surface area (Å²) in [4.78, 5) is 0. The molecule has 92 valence electrons. The number of anilines is 1. The predicted molar refractivity (Wildman–Crippen MR) is 66.5 cm³/mol. The third-order valence-electron chi connectivity index (χ3n) is 1.96. The van der Waals surface area contributed by atoms with Crippen LogP contribution >= 0.6 is 0 Å². The normalized spacial score (nSPS) is 10.5. The van der Waals surface area contributed by atoms with Crippen LogP contribution in [0, 0.1) is 18.8 Å². The lowest BCUT2D eigenvalue weighted by molar-refractivity contribution is 0.305. The molecule has 0 saturated heterocycles. The summed E-state index contributed by atoms with van der Waals surface area (Å²) in [7, 11) is -3.78. The van der Waals surface area contributed by atoms with E-state index in [9.17, 15) is 8.42 Å². The molecule has 1 rings (SSSR count). The number of nitrogens with two attached hydrogens (primary N) is 1. The predicted octanol–water partition coefficient (Wildman–Crippen LogP) is 0.344. The Bertz CT molecular complexity index is 556. The number of hydrogen-bond acceptors (Lipinski definition) is 3. The zero-order valence-corrected chi connectivity index (χ0v) is 10.2. The van der Waals surface area contributed by atoms with E-state index in [0.717, 1.165) is 5.56 Å². The van der Waals surface area contributed by atoms with Gasteiger partial charge in [-0.2, -0.15) is 8.42 Å². The molecule has 0 atom stereocenters. The molecule has 1 aromatic rings. The lowest BCUT2D eigenvalue weighted by Crippen LogP contribution is -2.22. The van der Waals surface area contributed by atoms with Crippen LogP contribution in [-0.2, 0) is 10.2 Å². The number of aliphatic hydroxyl groups excluding tert-OH is 1. The zero-order valence-electron chi connectivity index (χ0n) is 9.40. The molecule has 1 aromatic carbocycles. The second-order valence-electron chi connectivity index (χ2n) is 3.45. The van der Waals surface area contributed by atoms with Gasteiger partial charge < -0.3 is 5.11 Å². The summed E-state index contributed by atoms with van der Waals surface area (Å²) in [5.41, 5.74) is 1.82. The number of aliphatic hydroxyl groups is 1. The van der Waals surface area contributed by atoms with Gasteiger partial charge in [-0.3, -0.25) is 4.72 Å². The van der Waals surface area contributed by atoms with Gasteiger partial charge in [0.05, 0.1) is 12.3 Å². The Labute approximate surface area is 101 Å². The quantitative estimate of drug-likeness (QED) is 0.679. The smallest absolute Gasteiger partial charge is 0.296 e. The molecule has 4 N–H and O–H groups in total. The van der Waals surface area contributed by atoms with E-state index in [2.05, 4.69) is 16.6 Å². The van der Waals surface area contributed by atoms with Crippen molar-refractivity contribution >= 4 is 15.9 Å². The number of benzene rings is 1. The zero-order chi connectivity index (χ0) is 12.9. The molecule has 0 radical (unpaired) electrons. The monoisotopic (exact) mass is 254 g/mol. The number of hydrogen-bond donors (Lipinski definition) is 3. The maximum absolute atomic E-state index is 10.9. The van der Waals surface area contributed by atoms with Crippen molar-refractivity contribution in [3.05, 3.63) is 29.3 Å². The van der Waals surface area contributed by atoms with E-state index in [1.54, 1.807) is 25.1 Å². The highest BCUT2D eigenvalue weighted by Crippen LogP contribution is 2.16.